The molecule has 0 saturated carbocycles. The molecule has 0 spiro atoms. The standard InChI is InChI=1S/C14H15N5O/c1-15-13-16-12(17-14(18-13)19(2)3)11-8-9-6-4-5-7-10(9)20-11/h4-8H,1-3H3,(H,15,16,17,18). The summed E-state index contributed by atoms with van der Waals surface area (Å²) in [6.45, 7) is 0. The molecule has 6 heteroatoms. The van der Waals surface area contributed by atoms with E-state index in [9.17, 15) is 0 Å². The van der Waals surface area contributed by atoms with E-state index in [0.29, 0.717) is 23.5 Å². The van der Waals surface area contributed by atoms with Crippen molar-refractivity contribution in [2.24, 2.45) is 0 Å². The van der Waals surface area contributed by atoms with Gasteiger partial charge in [-0.15, -0.1) is 0 Å². The maximum Gasteiger partial charge on any atom is 0.230 e. The molecule has 20 heavy (non-hydrogen) atoms. The predicted octanol–water partition coefficient (Wildman–Crippen LogP) is 2.39. The average Bonchev–Trinajstić information content (AvgIpc) is 2.90. The van der Waals surface area contributed by atoms with Gasteiger partial charge in [0.25, 0.3) is 0 Å². The van der Waals surface area contributed by atoms with Crippen molar-refractivity contribution < 1.29 is 4.42 Å². The molecule has 102 valence electrons. The lowest BCUT2D eigenvalue weighted by Gasteiger charge is -2.11. The number of fused-ring (bicyclic) bond motifs is 1. The lowest BCUT2D eigenvalue weighted by atomic mass is 10.2. The Bertz CT molecular complexity index is 717. The molecule has 0 unspecified atom stereocenters. The highest BCUT2D eigenvalue weighted by atomic mass is 16.3. The van der Waals surface area contributed by atoms with E-state index in [1.165, 1.54) is 0 Å². The summed E-state index contributed by atoms with van der Waals surface area (Å²) in [7, 11) is 5.55. The van der Waals surface area contributed by atoms with Crippen molar-refractivity contribution in [2.75, 3.05) is 31.4 Å². The summed E-state index contributed by atoms with van der Waals surface area (Å²) < 4.78 is 5.79. The monoisotopic (exact) mass is 269 g/mol. The predicted molar refractivity (Wildman–Crippen MR) is 78.9 cm³/mol. The summed E-state index contributed by atoms with van der Waals surface area (Å²) in [5.74, 6) is 2.25. The van der Waals surface area contributed by atoms with Crippen LogP contribution in [0.2, 0.25) is 0 Å². The van der Waals surface area contributed by atoms with Gasteiger partial charge in [-0.05, 0) is 12.1 Å². The fraction of sp³-hybridized carbons (Fsp3) is 0.214. The highest BCUT2D eigenvalue weighted by molar-refractivity contribution is 5.81. The van der Waals surface area contributed by atoms with Crippen LogP contribution in [0.4, 0.5) is 11.9 Å². The molecule has 2 aromatic heterocycles. The average molecular weight is 269 g/mol. The number of furan rings is 1. The molecule has 1 N–H and O–H groups in total. The first-order valence-corrected chi connectivity index (χ1v) is 6.27. The maximum absolute atomic E-state index is 5.79. The van der Waals surface area contributed by atoms with Crippen LogP contribution >= 0.6 is 0 Å². The zero-order chi connectivity index (χ0) is 14.1. The molecule has 1 aromatic carbocycles. The number of hydrogen-bond acceptors (Lipinski definition) is 6. The number of anilines is 2. The molecule has 0 aliphatic rings. The van der Waals surface area contributed by atoms with Crippen molar-refractivity contribution in [3.05, 3.63) is 30.3 Å². The zero-order valence-corrected chi connectivity index (χ0v) is 11.6. The largest absolute Gasteiger partial charge is 0.453 e. The van der Waals surface area contributed by atoms with E-state index in [4.69, 9.17) is 4.42 Å². The van der Waals surface area contributed by atoms with Gasteiger partial charge in [-0.2, -0.15) is 15.0 Å². The molecule has 0 radical (unpaired) electrons. The second-order valence-electron chi connectivity index (χ2n) is 4.58. The van der Waals surface area contributed by atoms with Crippen molar-refractivity contribution >= 4 is 22.9 Å². The van der Waals surface area contributed by atoms with Crippen molar-refractivity contribution in [1.82, 2.24) is 15.0 Å². The molecule has 0 fully saturated rings. The summed E-state index contributed by atoms with van der Waals surface area (Å²) in [6.07, 6.45) is 0. The van der Waals surface area contributed by atoms with Crippen molar-refractivity contribution in [3.63, 3.8) is 0 Å². The minimum absolute atomic E-state index is 0.513. The van der Waals surface area contributed by atoms with E-state index in [1.54, 1.807) is 7.05 Å². The lowest BCUT2D eigenvalue weighted by molar-refractivity contribution is 0.624. The van der Waals surface area contributed by atoms with Gasteiger partial charge in [0.05, 0.1) is 0 Å². The second-order valence-corrected chi connectivity index (χ2v) is 4.58. The molecule has 0 amide bonds. The van der Waals surface area contributed by atoms with Crippen LogP contribution in [0.5, 0.6) is 0 Å². The first-order valence-electron chi connectivity index (χ1n) is 6.27. The molecule has 0 bridgehead atoms. The zero-order valence-electron chi connectivity index (χ0n) is 11.6. The summed E-state index contributed by atoms with van der Waals surface area (Å²) in [6, 6.07) is 9.76. The quantitative estimate of drug-likeness (QED) is 0.787. The smallest absolute Gasteiger partial charge is 0.230 e. The number of nitrogens with one attached hydrogen (secondary N) is 1. The number of rotatable bonds is 3. The number of benzene rings is 1. The Hall–Kier alpha value is -2.63. The Kier molecular flexibility index (Phi) is 2.98. The van der Waals surface area contributed by atoms with Crippen LogP contribution in [-0.2, 0) is 0 Å². The highest BCUT2D eigenvalue weighted by Gasteiger charge is 2.13. The van der Waals surface area contributed by atoms with Crippen molar-refractivity contribution in [3.8, 4) is 11.6 Å². The molecule has 0 saturated heterocycles. The van der Waals surface area contributed by atoms with Gasteiger partial charge in [-0.1, -0.05) is 18.2 Å². The van der Waals surface area contributed by atoms with E-state index in [1.807, 2.05) is 49.3 Å². The van der Waals surface area contributed by atoms with E-state index >= 15 is 0 Å². The van der Waals surface area contributed by atoms with Crippen molar-refractivity contribution in [1.29, 1.82) is 0 Å². The Morgan fingerprint density at radius 1 is 1.10 bits per heavy atom. The van der Waals surface area contributed by atoms with Gasteiger partial charge < -0.3 is 14.6 Å². The van der Waals surface area contributed by atoms with Crippen LogP contribution in [0.1, 0.15) is 0 Å². The summed E-state index contributed by atoms with van der Waals surface area (Å²) >= 11 is 0. The molecular weight excluding hydrogens is 254 g/mol. The Morgan fingerprint density at radius 2 is 1.90 bits per heavy atom. The molecule has 2 heterocycles. The summed E-state index contributed by atoms with van der Waals surface area (Å²) in [5, 5.41) is 3.96. The number of hydrogen-bond donors (Lipinski definition) is 1. The molecule has 6 nitrogen and oxygen atoms in total. The van der Waals surface area contributed by atoms with Gasteiger partial charge in [-0.25, -0.2) is 0 Å². The van der Waals surface area contributed by atoms with Crippen molar-refractivity contribution in [2.45, 2.75) is 0 Å². The third-order valence-corrected chi connectivity index (χ3v) is 2.89. The first kappa shape index (κ1) is 12.4. The van der Waals surface area contributed by atoms with Gasteiger partial charge in [0.15, 0.2) is 5.76 Å². The molecule has 0 aliphatic heterocycles. The lowest BCUT2D eigenvalue weighted by Crippen LogP contribution is -2.15. The van der Waals surface area contributed by atoms with Crippen LogP contribution < -0.4 is 10.2 Å². The third kappa shape index (κ3) is 2.16. The van der Waals surface area contributed by atoms with E-state index in [-0.39, 0.29) is 0 Å². The molecular formula is C14H15N5O. The van der Waals surface area contributed by atoms with Crippen LogP contribution in [0.25, 0.3) is 22.6 Å². The van der Waals surface area contributed by atoms with E-state index in [2.05, 4.69) is 20.3 Å². The normalized spacial score (nSPS) is 10.8. The Morgan fingerprint density at radius 3 is 2.60 bits per heavy atom. The highest BCUT2D eigenvalue weighted by Crippen LogP contribution is 2.26. The van der Waals surface area contributed by atoms with Gasteiger partial charge in [0.2, 0.25) is 17.7 Å². The maximum atomic E-state index is 5.79. The number of nitrogens with zero attached hydrogens (tertiary/aromatic N) is 4. The van der Waals surface area contributed by atoms with Crippen LogP contribution in [0.15, 0.2) is 34.7 Å². The van der Waals surface area contributed by atoms with Gasteiger partial charge in [-0.3, -0.25) is 0 Å². The van der Waals surface area contributed by atoms with Crippen LogP contribution in [0, 0.1) is 0 Å². The fourth-order valence-corrected chi connectivity index (χ4v) is 1.88. The third-order valence-electron chi connectivity index (χ3n) is 2.89. The molecule has 0 aliphatic carbocycles. The number of para-hydroxylation sites is 1. The Labute approximate surface area is 116 Å². The summed E-state index contributed by atoms with van der Waals surface area (Å²) in [4.78, 5) is 14.9. The second kappa shape index (κ2) is 4.80. The van der Waals surface area contributed by atoms with E-state index < -0.39 is 0 Å². The topological polar surface area (TPSA) is 67.1 Å². The minimum Gasteiger partial charge on any atom is -0.453 e. The van der Waals surface area contributed by atoms with Crippen LogP contribution in [-0.4, -0.2) is 36.1 Å². The minimum atomic E-state index is 0.513. The van der Waals surface area contributed by atoms with E-state index in [0.717, 1.165) is 11.0 Å². The SMILES string of the molecule is CNc1nc(-c2cc3ccccc3o2)nc(N(C)C)n1. The van der Waals surface area contributed by atoms with Crippen LogP contribution in [0.3, 0.4) is 0 Å². The molecule has 3 rings (SSSR count). The molecule has 3 aromatic rings. The first-order chi connectivity index (χ1) is 9.67. The van der Waals surface area contributed by atoms with Gasteiger partial charge in [0, 0.05) is 26.5 Å². The molecule has 0 atom stereocenters. The fourth-order valence-electron chi connectivity index (χ4n) is 1.88. The Balaban J connectivity index is 2.14. The van der Waals surface area contributed by atoms with Gasteiger partial charge in [0.1, 0.15) is 5.58 Å². The van der Waals surface area contributed by atoms with Gasteiger partial charge >= 0.3 is 0 Å². The number of aromatic nitrogens is 3. The summed E-state index contributed by atoms with van der Waals surface area (Å²) in [5.41, 5.74) is 0.820.